The molecule has 0 aliphatic carbocycles. The Hall–Kier alpha value is -2.90. The molecule has 0 radical (unpaired) electrons. The largest absolute Gasteiger partial charge is 0.357 e. The van der Waals surface area contributed by atoms with E-state index in [1.807, 2.05) is 65.6 Å². The van der Waals surface area contributed by atoms with Crippen LogP contribution in [-0.4, -0.2) is 14.2 Å². The first-order valence-corrected chi connectivity index (χ1v) is 10.3. The summed E-state index contributed by atoms with van der Waals surface area (Å²) < 4.78 is 24.5. The minimum Gasteiger partial charge on any atom is -0.323 e. The fourth-order valence-corrected chi connectivity index (χ4v) is 4.72. The lowest BCUT2D eigenvalue weighted by Crippen LogP contribution is -2.25. The minimum atomic E-state index is -3.58. The average Bonchev–Trinajstić information content (AvgIpc) is 2.78. The lowest BCUT2D eigenvalue weighted by atomic mass is 10.1. The molecule has 3 aromatic carbocycles. The van der Waals surface area contributed by atoms with E-state index in [0.29, 0.717) is 5.56 Å². The van der Waals surface area contributed by atoms with Crippen molar-refractivity contribution in [1.82, 2.24) is 0 Å². The molecule has 0 bridgehead atoms. The Labute approximate surface area is 165 Å². The van der Waals surface area contributed by atoms with E-state index < -0.39 is 13.4 Å². The molecule has 1 unspecified atom stereocenters. The molecule has 1 atom stereocenters. The van der Waals surface area contributed by atoms with E-state index in [1.54, 1.807) is 24.3 Å². The molecular formula is C22H21N2O3P. The first-order chi connectivity index (χ1) is 13.6. The number of anilines is 2. The zero-order chi connectivity index (χ0) is 20.0. The van der Waals surface area contributed by atoms with Gasteiger partial charge in [-0.1, -0.05) is 48.5 Å². The summed E-state index contributed by atoms with van der Waals surface area (Å²) in [6.45, 7) is 0. The summed E-state index contributed by atoms with van der Waals surface area (Å²) >= 11 is 0. The van der Waals surface area contributed by atoms with Gasteiger partial charge in [-0.3, -0.25) is 4.57 Å². The first kappa shape index (κ1) is 19.9. The van der Waals surface area contributed by atoms with Crippen molar-refractivity contribution in [3.05, 3.63) is 96.1 Å². The van der Waals surface area contributed by atoms with E-state index in [9.17, 15) is 4.57 Å². The Morgan fingerprint density at radius 1 is 0.821 bits per heavy atom. The Bertz CT molecular complexity index is 938. The maximum atomic E-state index is 13.6. The van der Waals surface area contributed by atoms with Crippen LogP contribution in [0.5, 0.6) is 0 Å². The number of nitrogens with zero attached hydrogens (tertiary/aromatic N) is 2. The lowest BCUT2D eigenvalue weighted by Gasteiger charge is -2.36. The normalized spacial score (nSPS) is 12.2. The predicted molar refractivity (Wildman–Crippen MR) is 111 cm³/mol. The fourth-order valence-electron chi connectivity index (χ4n) is 3.09. The van der Waals surface area contributed by atoms with Gasteiger partial charge in [0.2, 0.25) is 0 Å². The van der Waals surface area contributed by atoms with Gasteiger partial charge in [-0.15, -0.1) is 0 Å². The fraction of sp³-hybridized carbons (Fsp3) is 0.136. The zero-order valence-corrected chi connectivity index (χ0v) is 16.6. The summed E-state index contributed by atoms with van der Waals surface area (Å²) in [6.07, 6.45) is 0. The summed E-state index contributed by atoms with van der Waals surface area (Å²) in [5, 5.41) is 9.12. The van der Waals surface area contributed by atoms with Gasteiger partial charge < -0.3 is 13.9 Å². The van der Waals surface area contributed by atoms with Crippen molar-refractivity contribution in [1.29, 1.82) is 5.26 Å². The Morgan fingerprint density at radius 2 is 1.29 bits per heavy atom. The second-order valence-corrected chi connectivity index (χ2v) is 8.35. The number of benzene rings is 3. The van der Waals surface area contributed by atoms with E-state index in [-0.39, 0.29) is 0 Å². The van der Waals surface area contributed by atoms with Crippen molar-refractivity contribution in [3.8, 4) is 6.07 Å². The number of nitriles is 1. The highest BCUT2D eigenvalue weighted by atomic mass is 31.2. The van der Waals surface area contributed by atoms with Crippen LogP contribution in [0.15, 0.2) is 84.9 Å². The standard InChI is InChI=1S/C22H21N2O3P/c1-26-28(25,27-2)22(19-15-13-18(17-23)14-16-19)24(20-9-5-3-6-10-20)21-11-7-4-8-12-21/h3-16,22H,1-2H3. The van der Waals surface area contributed by atoms with Gasteiger partial charge >= 0.3 is 7.60 Å². The van der Waals surface area contributed by atoms with Gasteiger partial charge in [0.1, 0.15) is 0 Å². The number of hydrogen-bond donors (Lipinski definition) is 0. The summed E-state index contributed by atoms with van der Waals surface area (Å²) in [5.74, 6) is -0.736. The van der Waals surface area contributed by atoms with E-state index in [2.05, 4.69) is 6.07 Å². The first-order valence-electron chi connectivity index (χ1n) is 8.73. The molecule has 142 valence electrons. The predicted octanol–water partition coefficient (Wildman–Crippen LogP) is 5.88. The third-order valence-corrected chi connectivity index (χ3v) is 6.61. The van der Waals surface area contributed by atoms with E-state index in [4.69, 9.17) is 14.3 Å². The van der Waals surface area contributed by atoms with Crippen LogP contribution in [0.3, 0.4) is 0 Å². The smallest absolute Gasteiger partial charge is 0.323 e. The van der Waals surface area contributed by atoms with Crippen molar-refractivity contribution >= 4 is 19.0 Å². The van der Waals surface area contributed by atoms with Gasteiger partial charge in [0.15, 0.2) is 5.78 Å². The Kier molecular flexibility index (Phi) is 6.28. The summed E-state index contributed by atoms with van der Waals surface area (Å²) in [5.41, 5.74) is 2.94. The van der Waals surface area contributed by atoms with Crippen LogP contribution in [-0.2, 0) is 13.6 Å². The molecular weight excluding hydrogens is 371 g/mol. The topological polar surface area (TPSA) is 62.6 Å². The molecule has 0 saturated carbocycles. The monoisotopic (exact) mass is 392 g/mol. The molecule has 6 heteroatoms. The molecule has 0 saturated heterocycles. The average molecular weight is 392 g/mol. The second-order valence-electron chi connectivity index (χ2n) is 6.05. The lowest BCUT2D eigenvalue weighted by molar-refractivity contribution is 0.266. The van der Waals surface area contributed by atoms with Gasteiger partial charge in [0.25, 0.3) is 0 Å². The van der Waals surface area contributed by atoms with Gasteiger partial charge in [0, 0.05) is 25.6 Å². The quantitative estimate of drug-likeness (QED) is 0.470. The SMILES string of the molecule is COP(=O)(OC)C(c1ccc(C#N)cc1)N(c1ccccc1)c1ccccc1. The third kappa shape index (κ3) is 4.00. The van der Waals surface area contributed by atoms with Gasteiger partial charge in [-0.05, 0) is 42.0 Å². The molecule has 3 aromatic rings. The summed E-state index contributed by atoms with van der Waals surface area (Å²) in [4.78, 5) is 1.94. The maximum absolute atomic E-state index is 13.6. The number of para-hydroxylation sites is 2. The third-order valence-electron chi connectivity index (χ3n) is 4.46. The maximum Gasteiger partial charge on any atom is 0.357 e. The Morgan fingerprint density at radius 3 is 1.68 bits per heavy atom. The molecule has 0 aliphatic rings. The molecule has 0 fully saturated rings. The number of hydrogen-bond acceptors (Lipinski definition) is 5. The molecule has 28 heavy (non-hydrogen) atoms. The van der Waals surface area contributed by atoms with E-state index in [1.165, 1.54) is 14.2 Å². The van der Waals surface area contributed by atoms with Crippen LogP contribution in [0.2, 0.25) is 0 Å². The minimum absolute atomic E-state index is 0.526. The zero-order valence-electron chi connectivity index (χ0n) is 15.7. The van der Waals surface area contributed by atoms with Gasteiger partial charge in [0.05, 0.1) is 11.6 Å². The highest BCUT2D eigenvalue weighted by Gasteiger charge is 2.41. The van der Waals surface area contributed by atoms with Crippen molar-refractivity contribution in [2.75, 3.05) is 19.1 Å². The molecule has 0 amide bonds. The van der Waals surface area contributed by atoms with Crippen molar-refractivity contribution in [3.63, 3.8) is 0 Å². The highest BCUT2D eigenvalue weighted by Crippen LogP contribution is 2.63. The molecule has 0 aliphatic heterocycles. The van der Waals surface area contributed by atoms with Crippen molar-refractivity contribution < 1.29 is 13.6 Å². The van der Waals surface area contributed by atoms with Crippen LogP contribution in [0, 0.1) is 11.3 Å². The van der Waals surface area contributed by atoms with Crippen molar-refractivity contribution in [2.24, 2.45) is 0 Å². The Balaban J connectivity index is 2.25. The van der Waals surface area contributed by atoms with Crippen LogP contribution < -0.4 is 4.90 Å². The van der Waals surface area contributed by atoms with Crippen molar-refractivity contribution in [2.45, 2.75) is 5.78 Å². The molecule has 0 spiro atoms. The van der Waals surface area contributed by atoms with Crippen LogP contribution in [0.25, 0.3) is 0 Å². The molecule has 3 rings (SSSR count). The van der Waals surface area contributed by atoms with Crippen LogP contribution >= 0.6 is 7.60 Å². The van der Waals surface area contributed by atoms with Gasteiger partial charge in [-0.25, -0.2) is 0 Å². The molecule has 0 aromatic heterocycles. The van der Waals surface area contributed by atoms with Crippen LogP contribution in [0.4, 0.5) is 11.4 Å². The molecule has 0 N–H and O–H groups in total. The second kappa shape index (κ2) is 8.86. The summed E-state index contributed by atoms with van der Waals surface area (Å²) in [6, 6.07) is 28.4. The summed E-state index contributed by atoms with van der Waals surface area (Å²) in [7, 11) is -0.813. The molecule has 5 nitrogen and oxygen atoms in total. The highest BCUT2D eigenvalue weighted by molar-refractivity contribution is 7.54. The molecule has 0 heterocycles. The number of rotatable bonds is 7. The van der Waals surface area contributed by atoms with E-state index in [0.717, 1.165) is 16.9 Å². The van der Waals surface area contributed by atoms with Gasteiger partial charge in [-0.2, -0.15) is 5.26 Å². The van der Waals surface area contributed by atoms with E-state index >= 15 is 0 Å². The van der Waals surface area contributed by atoms with Crippen LogP contribution in [0.1, 0.15) is 16.9 Å².